The van der Waals surface area contributed by atoms with E-state index in [4.69, 9.17) is 0 Å². The lowest BCUT2D eigenvalue weighted by atomic mass is 9.90. The number of nitriles is 1. The summed E-state index contributed by atoms with van der Waals surface area (Å²) in [6, 6.07) is 11.3. The normalized spacial score (nSPS) is 17.9. The molecule has 0 saturated heterocycles. The van der Waals surface area contributed by atoms with Crippen molar-refractivity contribution in [2.45, 2.75) is 13.3 Å². The van der Waals surface area contributed by atoms with E-state index < -0.39 is 17.6 Å². The van der Waals surface area contributed by atoms with Crippen molar-refractivity contribution >= 4 is 6.08 Å². The minimum absolute atomic E-state index is 0.119. The Kier molecular flexibility index (Phi) is 4.39. The molecule has 0 fully saturated rings. The number of aromatic nitrogens is 2. The van der Waals surface area contributed by atoms with Gasteiger partial charge in [-0.25, -0.2) is 13.5 Å². The SMILES string of the molecule is Cc1ccn(-c2ccc(C=C(C#N)C3CC(F)=CC=C3F)cc2)n1. The van der Waals surface area contributed by atoms with Gasteiger partial charge < -0.3 is 0 Å². The molecule has 5 heteroatoms. The van der Waals surface area contributed by atoms with Gasteiger partial charge in [0.1, 0.15) is 11.7 Å². The molecule has 1 aromatic carbocycles. The standard InChI is InChI=1S/C19H15F2N3/c1-13-8-9-24(23-13)17-5-2-14(3-6-17)10-15(12-22)18-11-16(20)4-7-19(18)21/h2-10,18H,11H2,1H3. The average molecular weight is 323 g/mol. The number of aryl methyl sites for hydroxylation is 1. The molecule has 0 N–H and O–H groups in total. The highest BCUT2D eigenvalue weighted by Crippen LogP contribution is 2.33. The molecular formula is C19H15F2N3. The van der Waals surface area contributed by atoms with E-state index in [1.165, 1.54) is 0 Å². The van der Waals surface area contributed by atoms with Crippen molar-refractivity contribution in [3.63, 3.8) is 0 Å². The average Bonchev–Trinajstić information content (AvgIpc) is 3.02. The van der Waals surface area contributed by atoms with Crippen LogP contribution < -0.4 is 0 Å². The largest absolute Gasteiger partial charge is 0.241 e. The molecule has 0 saturated carbocycles. The zero-order valence-electron chi connectivity index (χ0n) is 13.1. The highest BCUT2D eigenvalue weighted by molar-refractivity contribution is 5.60. The van der Waals surface area contributed by atoms with Crippen molar-refractivity contribution in [1.82, 2.24) is 9.78 Å². The van der Waals surface area contributed by atoms with Gasteiger partial charge in [-0.15, -0.1) is 0 Å². The summed E-state index contributed by atoms with van der Waals surface area (Å²) in [6.45, 7) is 1.91. The Morgan fingerprint density at radius 2 is 2.00 bits per heavy atom. The first-order chi connectivity index (χ1) is 11.6. The van der Waals surface area contributed by atoms with E-state index in [1.54, 1.807) is 10.8 Å². The molecule has 120 valence electrons. The third-order valence-corrected chi connectivity index (χ3v) is 3.86. The third kappa shape index (κ3) is 3.33. The van der Waals surface area contributed by atoms with Crippen LogP contribution in [0, 0.1) is 24.2 Å². The van der Waals surface area contributed by atoms with E-state index in [9.17, 15) is 14.0 Å². The van der Waals surface area contributed by atoms with Crippen LogP contribution in [0.4, 0.5) is 8.78 Å². The number of halogens is 2. The highest BCUT2D eigenvalue weighted by atomic mass is 19.1. The summed E-state index contributed by atoms with van der Waals surface area (Å²) in [5.74, 6) is -1.77. The number of benzene rings is 1. The van der Waals surface area contributed by atoms with Gasteiger partial charge in [0.15, 0.2) is 0 Å². The van der Waals surface area contributed by atoms with Crippen molar-refractivity contribution < 1.29 is 8.78 Å². The van der Waals surface area contributed by atoms with Crippen molar-refractivity contribution in [3.05, 3.63) is 77.2 Å². The summed E-state index contributed by atoms with van der Waals surface area (Å²) in [5, 5.41) is 13.6. The van der Waals surface area contributed by atoms with Gasteiger partial charge >= 0.3 is 0 Å². The van der Waals surface area contributed by atoms with Crippen molar-refractivity contribution in [2.24, 2.45) is 5.92 Å². The van der Waals surface area contributed by atoms with E-state index in [0.717, 1.165) is 29.1 Å². The Bertz CT molecular complexity index is 880. The molecular weight excluding hydrogens is 308 g/mol. The zero-order chi connectivity index (χ0) is 17.1. The maximum atomic E-state index is 13.9. The molecule has 1 atom stereocenters. The molecule has 1 aliphatic carbocycles. The highest BCUT2D eigenvalue weighted by Gasteiger charge is 2.23. The minimum atomic E-state index is -0.853. The fourth-order valence-electron chi connectivity index (χ4n) is 2.58. The molecule has 1 heterocycles. The molecule has 0 radical (unpaired) electrons. The molecule has 0 spiro atoms. The van der Waals surface area contributed by atoms with Crippen LogP contribution in [0.3, 0.4) is 0 Å². The summed E-state index contributed by atoms with van der Waals surface area (Å²) in [5.41, 5.74) is 2.76. The summed E-state index contributed by atoms with van der Waals surface area (Å²) >= 11 is 0. The van der Waals surface area contributed by atoms with Crippen LogP contribution in [0.1, 0.15) is 17.7 Å². The summed E-state index contributed by atoms with van der Waals surface area (Å²) < 4.78 is 29.0. The molecule has 1 aromatic heterocycles. The lowest BCUT2D eigenvalue weighted by molar-refractivity contribution is 0.461. The molecule has 0 aliphatic heterocycles. The predicted molar refractivity (Wildman–Crippen MR) is 88.4 cm³/mol. The first-order valence-corrected chi connectivity index (χ1v) is 7.53. The maximum absolute atomic E-state index is 13.9. The van der Waals surface area contributed by atoms with Gasteiger partial charge in [-0.1, -0.05) is 12.1 Å². The van der Waals surface area contributed by atoms with Crippen molar-refractivity contribution in [2.75, 3.05) is 0 Å². The quantitative estimate of drug-likeness (QED) is 0.760. The van der Waals surface area contributed by atoms with Gasteiger partial charge in [-0.2, -0.15) is 10.4 Å². The number of hydrogen-bond acceptors (Lipinski definition) is 2. The second-order valence-corrected chi connectivity index (χ2v) is 5.63. The van der Waals surface area contributed by atoms with Crippen LogP contribution in [-0.2, 0) is 0 Å². The Morgan fingerprint density at radius 1 is 1.25 bits per heavy atom. The molecule has 1 unspecified atom stereocenters. The second-order valence-electron chi connectivity index (χ2n) is 5.63. The van der Waals surface area contributed by atoms with Crippen LogP contribution in [0.2, 0.25) is 0 Å². The van der Waals surface area contributed by atoms with Crippen LogP contribution in [-0.4, -0.2) is 9.78 Å². The smallest absolute Gasteiger partial charge is 0.109 e. The van der Waals surface area contributed by atoms with Gasteiger partial charge in [0.25, 0.3) is 0 Å². The fourth-order valence-corrected chi connectivity index (χ4v) is 2.58. The Hall–Kier alpha value is -3.00. The third-order valence-electron chi connectivity index (χ3n) is 3.86. The molecule has 2 aromatic rings. The zero-order valence-corrected chi connectivity index (χ0v) is 13.1. The van der Waals surface area contributed by atoms with E-state index >= 15 is 0 Å². The maximum Gasteiger partial charge on any atom is 0.109 e. The molecule has 3 nitrogen and oxygen atoms in total. The van der Waals surface area contributed by atoms with Gasteiger partial charge in [-0.05, 0) is 48.9 Å². The second kappa shape index (κ2) is 6.63. The van der Waals surface area contributed by atoms with Gasteiger partial charge in [0.05, 0.1) is 23.4 Å². The predicted octanol–water partition coefficient (Wildman–Crippen LogP) is 4.81. The van der Waals surface area contributed by atoms with E-state index in [0.29, 0.717) is 0 Å². The number of rotatable bonds is 3. The van der Waals surface area contributed by atoms with E-state index in [-0.39, 0.29) is 12.0 Å². The topological polar surface area (TPSA) is 41.6 Å². The first kappa shape index (κ1) is 15.9. The molecule has 3 rings (SSSR count). The minimum Gasteiger partial charge on any atom is -0.241 e. The molecule has 0 bridgehead atoms. The van der Waals surface area contributed by atoms with Crippen LogP contribution >= 0.6 is 0 Å². The summed E-state index contributed by atoms with van der Waals surface area (Å²) in [4.78, 5) is 0. The number of nitrogens with zero attached hydrogens (tertiary/aromatic N) is 3. The van der Waals surface area contributed by atoms with Gasteiger partial charge in [0, 0.05) is 18.2 Å². The van der Waals surface area contributed by atoms with Crippen LogP contribution in [0.5, 0.6) is 0 Å². The first-order valence-electron chi connectivity index (χ1n) is 7.53. The van der Waals surface area contributed by atoms with Gasteiger partial charge in [-0.3, -0.25) is 0 Å². The van der Waals surface area contributed by atoms with Gasteiger partial charge in [0.2, 0.25) is 0 Å². The van der Waals surface area contributed by atoms with Crippen molar-refractivity contribution in [1.29, 1.82) is 5.26 Å². The Morgan fingerprint density at radius 3 is 2.62 bits per heavy atom. The Labute approximate surface area is 138 Å². The lowest BCUT2D eigenvalue weighted by Gasteiger charge is -2.16. The summed E-state index contributed by atoms with van der Waals surface area (Å²) in [7, 11) is 0. The molecule has 1 aliphatic rings. The Balaban J connectivity index is 1.86. The van der Waals surface area contributed by atoms with E-state index in [1.807, 2.05) is 49.5 Å². The van der Waals surface area contributed by atoms with Crippen molar-refractivity contribution in [3.8, 4) is 11.8 Å². The van der Waals surface area contributed by atoms with E-state index in [2.05, 4.69) is 5.10 Å². The fraction of sp³-hybridized carbons (Fsp3) is 0.158. The molecule has 24 heavy (non-hydrogen) atoms. The lowest BCUT2D eigenvalue weighted by Crippen LogP contribution is -2.07. The van der Waals surface area contributed by atoms with Crippen LogP contribution in [0.15, 0.2) is 65.9 Å². The van der Waals surface area contributed by atoms with Crippen LogP contribution in [0.25, 0.3) is 11.8 Å². The number of hydrogen-bond donors (Lipinski definition) is 0. The molecule has 0 amide bonds. The number of allylic oxidation sites excluding steroid dienone is 5. The monoisotopic (exact) mass is 323 g/mol. The summed E-state index contributed by atoms with van der Waals surface area (Å²) in [6.07, 6.45) is 5.51.